The molecule has 0 aliphatic carbocycles. The van der Waals surface area contributed by atoms with E-state index in [9.17, 15) is 19.2 Å². The number of amides is 5. The number of hydrogen-bond acceptors (Lipinski definition) is 9. The van der Waals surface area contributed by atoms with Gasteiger partial charge in [0, 0.05) is 13.0 Å². The number of benzene rings is 2. The summed E-state index contributed by atoms with van der Waals surface area (Å²) in [6, 6.07) is 8.43. The third kappa shape index (κ3) is 3.24. The molecule has 1 spiro atoms. The van der Waals surface area contributed by atoms with Gasteiger partial charge in [-0.15, -0.1) is 0 Å². The maximum Gasteiger partial charge on any atom is 0.416 e. The zero-order chi connectivity index (χ0) is 27.9. The van der Waals surface area contributed by atoms with Gasteiger partial charge in [-0.25, -0.2) is 18.9 Å². The standard InChI is InChI=1S/C27H24FN5O7/c1-12-10-32-19-15(9-27(21(32)13(2)39-12)23(34)29-25(36)30-24(27)35)8-16-20(18(19)28)40-31-22(16)33-17(11-38-26(33)37)14-6-4-3-5-7-14/h3-8,12-13,17,21H,9-11H2,1-2H3,(H2,29,30,34,35,36)/t12-,13+,17+,21-/m0/s1. The van der Waals surface area contributed by atoms with E-state index in [4.69, 9.17) is 14.0 Å². The van der Waals surface area contributed by atoms with Gasteiger partial charge in [-0.3, -0.25) is 20.2 Å². The molecule has 4 aliphatic heterocycles. The topological polar surface area (TPSA) is 143 Å². The van der Waals surface area contributed by atoms with Crippen LogP contribution >= 0.6 is 0 Å². The molecule has 2 N–H and O–H groups in total. The summed E-state index contributed by atoms with van der Waals surface area (Å²) in [5.41, 5.74) is -0.669. The van der Waals surface area contributed by atoms with Crippen LogP contribution in [0.25, 0.3) is 11.0 Å². The molecular formula is C27H24FN5O7. The second-order valence-corrected chi connectivity index (χ2v) is 10.6. The number of urea groups is 1. The minimum absolute atomic E-state index is 0.0562. The van der Waals surface area contributed by atoms with Crippen molar-refractivity contribution < 1.29 is 37.6 Å². The molecule has 7 rings (SSSR count). The number of rotatable bonds is 2. The Morgan fingerprint density at radius 1 is 1.07 bits per heavy atom. The van der Waals surface area contributed by atoms with Crippen molar-refractivity contribution in [2.45, 2.75) is 44.6 Å². The normalized spacial score (nSPS) is 27.4. The first-order valence-corrected chi connectivity index (χ1v) is 12.9. The molecule has 0 radical (unpaired) electrons. The molecule has 4 atom stereocenters. The maximum absolute atomic E-state index is 16.4. The second kappa shape index (κ2) is 8.49. The summed E-state index contributed by atoms with van der Waals surface area (Å²) in [6.45, 7) is 3.76. The number of hydrogen-bond donors (Lipinski definition) is 2. The predicted molar refractivity (Wildman–Crippen MR) is 136 cm³/mol. The lowest BCUT2D eigenvalue weighted by atomic mass is 9.66. The number of imide groups is 2. The van der Waals surface area contributed by atoms with Crippen molar-refractivity contribution >= 4 is 46.4 Å². The van der Waals surface area contributed by atoms with Gasteiger partial charge in [-0.2, -0.15) is 0 Å². The van der Waals surface area contributed by atoms with Crippen LogP contribution in [0.15, 0.2) is 40.9 Å². The van der Waals surface area contributed by atoms with Crippen LogP contribution in [0.2, 0.25) is 0 Å². The maximum atomic E-state index is 16.4. The van der Waals surface area contributed by atoms with Gasteiger partial charge in [-0.05, 0) is 31.0 Å². The van der Waals surface area contributed by atoms with Crippen molar-refractivity contribution in [1.29, 1.82) is 0 Å². The van der Waals surface area contributed by atoms with Crippen molar-refractivity contribution in [3.63, 3.8) is 0 Å². The third-order valence-corrected chi connectivity index (χ3v) is 8.23. The smallest absolute Gasteiger partial charge is 0.416 e. The number of aromatic nitrogens is 1. The number of halogens is 1. The van der Waals surface area contributed by atoms with Gasteiger partial charge in [0.15, 0.2) is 17.1 Å². The predicted octanol–water partition coefficient (Wildman–Crippen LogP) is 2.56. The third-order valence-electron chi connectivity index (χ3n) is 8.23. The quantitative estimate of drug-likeness (QED) is 0.461. The molecule has 1 aromatic heterocycles. The first-order chi connectivity index (χ1) is 19.2. The first kappa shape index (κ1) is 24.5. The van der Waals surface area contributed by atoms with Crippen LogP contribution in [-0.2, 0) is 25.5 Å². The fourth-order valence-electron chi connectivity index (χ4n) is 6.69. The molecule has 0 saturated carbocycles. The summed E-state index contributed by atoms with van der Waals surface area (Å²) in [6.07, 6.45) is -1.90. The molecule has 3 aromatic rings. The molecule has 13 heteroatoms. The van der Waals surface area contributed by atoms with Crippen LogP contribution in [0.3, 0.4) is 0 Å². The van der Waals surface area contributed by atoms with Crippen LogP contribution in [0.1, 0.15) is 31.0 Å². The number of nitrogens with zero attached hydrogens (tertiary/aromatic N) is 3. The number of anilines is 2. The van der Waals surface area contributed by atoms with Gasteiger partial charge in [-0.1, -0.05) is 35.5 Å². The lowest BCUT2D eigenvalue weighted by molar-refractivity contribution is -0.153. The number of nitrogens with one attached hydrogen (secondary N) is 2. The Bertz CT molecular complexity index is 1590. The molecule has 0 bridgehead atoms. The lowest BCUT2D eigenvalue weighted by Crippen LogP contribution is -2.75. The van der Waals surface area contributed by atoms with E-state index in [0.29, 0.717) is 5.56 Å². The molecule has 206 valence electrons. The van der Waals surface area contributed by atoms with Crippen LogP contribution in [0, 0.1) is 11.2 Å². The van der Waals surface area contributed by atoms with Crippen LogP contribution < -0.4 is 20.4 Å². The van der Waals surface area contributed by atoms with Gasteiger partial charge in [0.25, 0.3) is 0 Å². The molecule has 4 aliphatic rings. The molecular weight excluding hydrogens is 525 g/mol. The largest absolute Gasteiger partial charge is 0.447 e. The fraction of sp³-hybridized carbons (Fsp3) is 0.370. The highest BCUT2D eigenvalue weighted by molar-refractivity contribution is 6.20. The molecule has 12 nitrogen and oxygen atoms in total. The second-order valence-electron chi connectivity index (χ2n) is 10.6. The molecule has 5 heterocycles. The minimum Gasteiger partial charge on any atom is -0.447 e. The number of fused-ring (bicyclic) bond motifs is 5. The Hall–Kier alpha value is -4.52. The Morgan fingerprint density at radius 2 is 1.80 bits per heavy atom. The summed E-state index contributed by atoms with van der Waals surface area (Å²) in [4.78, 5) is 54.7. The molecule has 2 aromatic carbocycles. The van der Waals surface area contributed by atoms with Crippen LogP contribution in [0.4, 0.5) is 25.5 Å². The van der Waals surface area contributed by atoms with E-state index in [2.05, 4.69) is 15.8 Å². The number of barbiturate groups is 1. The number of ether oxygens (including phenoxy) is 2. The summed E-state index contributed by atoms with van der Waals surface area (Å²) < 4.78 is 33.2. The SMILES string of the molecule is C[C@H]1CN2c3c(cc4c(N5C(=O)OC[C@@H]5c5ccccc5)noc4c3F)CC3(C(=O)NC(=O)NC3=O)[C@@H]2[C@@H](C)O1. The highest BCUT2D eigenvalue weighted by Crippen LogP contribution is 2.50. The van der Waals surface area contributed by atoms with E-state index in [1.165, 1.54) is 4.90 Å². The van der Waals surface area contributed by atoms with Crippen molar-refractivity contribution in [2.24, 2.45) is 5.41 Å². The number of carbonyl (C=O) groups is 4. The summed E-state index contributed by atoms with van der Waals surface area (Å²) >= 11 is 0. The highest BCUT2D eigenvalue weighted by atomic mass is 19.1. The van der Waals surface area contributed by atoms with Gasteiger partial charge in [0.1, 0.15) is 12.6 Å². The molecule has 3 saturated heterocycles. The molecule has 0 unspecified atom stereocenters. The fourth-order valence-corrected chi connectivity index (χ4v) is 6.69. The lowest BCUT2D eigenvalue weighted by Gasteiger charge is -2.55. The zero-order valence-electron chi connectivity index (χ0n) is 21.5. The molecule has 3 fully saturated rings. The van der Waals surface area contributed by atoms with Crippen molar-refractivity contribution in [3.8, 4) is 0 Å². The van der Waals surface area contributed by atoms with Gasteiger partial charge in [0.05, 0.1) is 29.3 Å². The number of cyclic esters (lactones) is 1. The average Bonchev–Trinajstić information content (AvgIpc) is 3.50. The summed E-state index contributed by atoms with van der Waals surface area (Å²) in [7, 11) is 0. The highest BCUT2D eigenvalue weighted by Gasteiger charge is 2.63. The van der Waals surface area contributed by atoms with E-state index in [1.54, 1.807) is 17.9 Å². The zero-order valence-corrected chi connectivity index (χ0v) is 21.5. The van der Waals surface area contributed by atoms with E-state index in [-0.39, 0.29) is 48.2 Å². The molecule has 40 heavy (non-hydrogen) atoms. The van der Waals surface area contributed by atoms with Crippen LogP contribution in [0.5, 0.6) is 0 Å². The number of morpholine rings is 1. The monoisotopic (exact) mass is 549 g/mol. The van der Waals surface area contributed by atoms with Crippen LogP contribution in [-0.4, -0.2) is 60.5 Å². The van der Waals surface area contributed by atoms with E-state index < -0.39 is 53.4 Å². The minimum atomic E-state index is -1.78. The average molecular weight is 550 g/mol. The van der Waals surface area contributed by atoms with E-state index in [1.807, 2.05) is 37.3 Å². The Morgan fingerprint density at radius 3 is 2.52 bits per heavy atom. The van der Waals surface area contributed by atoms with Gasteiger partial charge < -0.3 is 18.9 Å². The van der Waals surface area contributed by atoms with Crippen molar-refractivity contribution in [2.75, 3.05) is 23.0 Å². The Balaban J connectivity index is 1.42. The van der Waals surface area contributed by atoms with E-state index in [0.717, 1.165) is 5.56 Å². The Labute approximate surface area is 226 Å². The first-order valence-electron chi connectivity index (χ1n) is 12.9. The van der Waals surface area contributed by atoms with Gasteiger partial charge >= 0.3 is 12.1 Å². The summed E-state index contributed by atoms with van der Waals surface area (Å²) in [5, 5.41) is 8.69. The summed E-state index contributed by atoms with van der Waals surface area (Å²) in [5.74, 6) is -2.25. The van der Waals surface area contributed by atoms with Gasteiger partial charge in [0.2, 0.25) is 17.4 Å². The number of carbonyl (C=O) groups excluding carboxylic acids is 4. The van der Waals surface area contributed by atoms with Crippen molar-refractivity contribution in [3.05, 3.63) is 53.3 Å². The van der Waals surface area contributed by atoms with Crippen molar-refractivity contribution in [1.82, 2.24) is 15.8 Å². The molecule has 5 amide bonds. The Kier molecular flexibility index (Phi) is 5.20. The van der Waals surface area contributed by atoms with E-state index >= 15 is 4.39 Å².